The molecule has 1 amide bonds. The summed E-state index contributed by atoms with van der Waals surface area (Å²) in [5.41, 5.74) is 1.73. The van der Waals surface area contributed by atoms with Crippen LogP contribution in [-0.4, -0.2) is 49.3 Å². The predicted molar refractivity (Wildman–Crippen MR) is 93.6 cm³/mol. The van der Waals surface area contributed by atoms with Crippen LogP contribution < -0.4 is 15.0 Å². The first-order valence-corrected chi connectivity index (χ1v) is 8.29. The third kappa shape index (κ3) is 4.90. The molecule has 1 fully saturated rings. The van der Waals surface area contributed by atoms with Gasteiger partial charge >= 0.3 is 0 Å². The third-order valence-corrected chi connectivity index (χ3v) is 3.98. The van der Waals surface area contributed by atoms with E-state index < -0.39 is 0 Å². The number of methoxy groups -OCH3 is 1. The summed E-state index contributed by atoms with van der Waals surface area (Å²) < 4.78 is 10.5. The summed E-state index contributed by atoms with van der Waals surface area (Å²) in [5.74, 6) is 1.42. The highest BCUT2D eigenvalue weighted by molar-refractivity contribution is 5.78. The number of nitrogens with one attached hydrogen (secondary N) is 1. The smallest absolute Gasteiger partial charge is 0.225 e. The maximum atomic E-state index is 12.1. The Bertz CT molecular complexity index is 700. The number of hydrogen-bond acceptors (Lipinski definition) is 6. The fourth-order valence-electron chi connectivity index (χ4n) is 2.58. The molecule has 1 N–H and O–H groups in total. The molecule has 25 heavy (non-hydrogen) atoms. The van der Waals surface area contributed by atoms with Gasteiger partial charge in [0, 0.05) is 19.3 Å². The minimum Gasteiger partial charge on any atom is -0.497 e. The predicted octanol–water partition coefficient (Wildman–Crippen LogP) is 1.18. The number of morpholine rings is 1. The van der Waals surface area contributed by atoms with Crippen molar-refractivity contribution < 1.29 is 14.3 Å². The minimum atomic E-state index is -0.0447. The molecule has 132 valence electrons. The van der Waals surface area contributed by atoms with Crippen LogP contribution in [0.3, 0.4) is 0 Å². The molecule has 0 saturated carbocycles. The van der Waals surface area contributed by atoms with Crippen molar-refractivity contribution in [1.29, 1.82) is 0 Å². The molecule has 7 nitrogen and oxygen atoms in total. The van der Waals surface area contributed by atoms with Crippen LogP contribution in [0.4, 0.5) is 5.95 Å². The van der Waals surface area contributed by atoms with Crippen LogP contribution >= 0.6 is 0 Å². The molecule has 0 bridgehead atoms. The Kier molecular flexibility index (Phi) is 5.79. The summed E-state index contributed by atoms with van der Waals surface area (Å²) in [6.45, 7) is 3.33. The van der Waals surface area contributed by atoms with E-state index in [0.29, 0.717) is 32.1 Å². The van der Waals surface area contributed by atoms with Gasteiger partial charge in [0.25, 0.3) is 0 Å². The second-order valence-corrected chi connectivity index (χ2v) is 5.75. The fourth-order valence-corrected chi connectivity index (χ4v) is 2.58. The van der Waals surface area contributed by atoms with Crippen molar-refractivity contribution in [2.45, 2.75) is 13.0 Å². The Hall–Kier alpha value is -2.67. The van der Waals surface area contributed by atoms with E-state index in [1.165, 1.54) is 0 Å². The van der Waals surface area contributed by atoms with E-state index in [-0.39, 0.29) is 5.91 Å². The lowest BCUT2D eigenvalue weighted by molar-refractivity contribution is -0.120. The number of carbonyl (C=O) groups is 1. The topological polar surface area (TPSA) is 76.6 Å². The summed E-state index contributed by atoms with van der Waals surface area (Å²) >= 11 is 0. The standard InChI is InChI=1S/C18H22N4O3/c1-24-16-4-2-14(3-5-16)12-17(23)20-13-15-6-7-19-18(21-15)22-8-10-25-11-9-22/h2-7H,8-13H2,1H3,(H,20,23). The average molecular weight is 342 g/mol. The van der Waals surface area contributed by atoms with E-state index >= 15 is 0 Å². The Morgan fingerprint density at radius 3 is 2.72 bits per heavy atom. The van der Waals surface area contributed by atoms with Gasteiger partial charge in [0.1, 0.15) is 5.75 Å². The summed E-state index contributed by atoms with van der Waals surface area (Å²) in [7, 11) is 1.62. The van der Waals surface area contributed by atoms with Gasteiger partial charge in [-0.15, -0.1) is 0 Å². The van der Waals surface area contributed by atoms with E-state index in [2.05, 4.69) is 20.2 Å². The zero-order valence-electron chi connectivity index (χ0n) is 14.3. The Morgan fingerprint density at radius 2 is 2.00 bits per heavy atom. The number of benzene rings is 1. The highest BCUT2D eigenvalue weighted by Crippen LogP contribution is 2.12. The van der Waals surface area contributed by atoms with Crippen molar-refractivity contribution >= 4 is 11.9 Å². The van der Waals surface area contributed by atoms with Crippen LogP contribution in [-0.2, 0) is 22.5 Å². The van der Waals surface area contributed by atoms with Gasteiger partial charge in [-0.1, -0.05) is 12.1 Å². The first kappa shape index (κ1) is 17.2. The van der Waals surface area contributed by atoms with Gasteiger partial charge in [0.2, 0.25) is 11.9 Å². The monoisotopic (exact) mass is 342 g/mol. The van der Waals surface area contributed by atoms with Crippen molar-refractivity contribution in [2.75, 3.05) is 38.3 Å². The van der Waals surface area contributed by atoms with Gasteiger partial charge in [-0.25, -0.2) is 9.97 Å². The fraction of sp³-hybridized carbons (Fsp3) is 0.389. The van der Waals surface area contributed by atoms with Crippen LogP contribution in [0.15, 0.2) is 36.5 Å². The molecule has 0 atom stereocenters. The SMILES string of the molecule is COc1ccc(CC(=O)NCc2ccnc(N3CCOCC3)n2)cc1. The second-order valence-electron chi connectivity index (χ2n) is 5.75. The number of amides is 1. The molecule has 0 aliphatic carbocycles. The van der Waals surface area contributed by atoms with Gasteiger partial charge in [-0.3, -0.25) is 4.79 Å². The molecule has 0 spiro atoms. The van der Waals surface area contributed by atoms with Crippen molar-refractivity contribution in [3.8, 4) is 5.75 Å². The molecule has 2 aromatic rings. The lowest BCUT2D eigenvalue weighted by Crippen LogP contribution is -2.37. The normalized spacial score (nSPS) is 14.2. The van der Waals surface area contributed by atoms with Gasteiger partial charge in [-0.05, 0) is 23.8 Å². The van der Waals surface area contributed by atoms with Crippen molar-refractivity contribution in [2.24, 2.45) is 0 Å². The molecule has 0 unspecified atom stereocenters. The van der Waals surface area contributed by atoms with E-state index in [4.69, 9.17) is 9.47 Å². The number of carbonyl (C=O) groups excluding carboxylic acids is 1. The highest BCUT2D eigenvalue weighted by atomic mass is 16.5. The molecule has 7 heteroatoms. The van der Waals surface area contributed by atoms with E-state index in [0.717, 1.165) is 30.1 Å². The van der Waals surface area contributed by atoms with Gasteiger partial charge in [-0.2, -0.15) is 0 Å². The number of aromatic nitrogens is 2. The molecule has 3 rings (SSSR count). The quantitative estimate of drug-likeness (QED) is 0.850. The van der Waals surface area contributed by atoms with Gasteiger partial charge < -0.3 is 19.7 Å². The van der Waals surface area contributed by atoms with Gasteiger partial charge in [0.15, 0.2) is 0 Å². The lowest BCUT2D eigenvalue weighted by Gasteiger charge is -2.26. The number of anilines is 1. The van der Waals surface area contributed by atoms with Crippen LogP contribution in [0.5, 0.6) is 5.75 Å². The number of ether oxygens (including phenoxy) is 2. The number of nitrogens with zero attached hydrogens (tertiary/aromatic N) is 3. The van der Waals surface area contributed by atoms with Crippen LogP contribution in [0.1, 0.15) is 11.3 Å². The number of hydrogen-bond donors (Lipinski definition) is 1. The van der Waals surface area contributed by atoms with Crippen LogP contribution in [0, 0.1) is 0 Å². The first-order chi connectivity index (χ1) is 12.2. The Labute approximate surface area is 147 Å². The minimum absolute atomic E-state index is 0.0447. The van der Waals surface area contributed by atoms with Crippen LogP contribution in [0.2, 0.25) is 0 Å². The van der Waals surface area contributed by atoms with Crippen molar-refractivity contribution in [1.82, 2.24) is 15.3 Å². The molecule has 1 aliphatic rings. The molecule has 0 radical (unpaired) electrons. The average Bonchev–Trinajstić information content (AvgIpc) is 2.68. The molecule has 1 aromatic carbocycles. The van der Waals surface area contributed by atoms with Crippen molar-refractivity contribution in [3.05, 3.63) is 47.8 Å². The number of rotatable bonds is 6. The third-order valence-electron chi connectivity index (χ3n) is 3.98. The van der Waals surface area contributed by atoms with E-state index in [9.17, 15) is 4.79 Å². The van der Waals surface area contributed by atoms with E-state index in [1.807, 2.05) is 30.3 Å². The molecule has 1 aromatic heterocycles. The summed E-state index contributed by atoms with van der Waals surface area (Å²) in [5, 5.41) is 2.90. The lowest BCUT2D eigenvalue weighted by atomic mass is 10.1. The molecule has 2 heterocycles. The summed E-state index contributed by atoms with van der Waals surface area (Å²) in [6, 6.07) is 9.29. The van der Waals surface area contributed by atoms with Crippen molar-refractivity contribution in [3.63, 3.8) is 0 Å². The maximum Gasteiger partial charge on any atom is 0.225 e. The molecular formula is C18H22N4O3. The first-order valence-electron chi connectivity index (χ1n) is 8.29. The maximum absolute atomic E-state index is 12.1. The van der Waals surface area contributed by atoms with E-state index in [1.54, 1.807) is 13.3 Å². The Morgan fingerprint density at radius 1 is 1.24 bits per heavy atom. The van der Waals surface area contributed by atoms with Crippen LogP contribution in [0.25, 0.3) is 0 Å². The largest absolute Gasteiger partial charge is 0.497 e. The summed E-state index contributed by atoms with van der Waals surface area (Å²) in [6.07, 6.45) is 2.05. The molecular weight excluding hydrogens is 320 g/mol. The highest BCUT2D eigenvalue weighted by Gasteiger charge is 2.14. The second kappa shape index (κ2) is 8.43. The zero-order chi connectivity index (χ0) is 17.5. The molecule has 1 saturated heterocycles. The summed E-state index contributed by atoms with van der Waals surface area (Å²) in [4.78, 5) is 23.0. The van der Waals surface area contributed by atoms with Gasteiger partial charge in [0.05, 0.1) is 39.0 Å². The Balaban J connectivity index is 1.52. The molecule has 1 aliphatic heterocycles. The zero-order valence-corrected chi connectivity index (χ0v) is 14.3.